The molecule has 1 saturated heterocycles. The SMILES string of the molecule is Cl.Cl.Clc1ncccc1[C@H](C1CCC1)N1CCNCC1. The van der Waals surface area contributed by atoms with Gasteiger partial charge in [-0.2, -0.15) is 0 Å². The van der Waals surface area contributed by atoms with Crippen molar-refractivity contribution >= 4 is 36.4 Å². The first-order chi connectivity index (χ1) is 8.86. The number of halogens is 3. The third-order valence-corrected chi connectivity index (χ3v) is 4.56. The van der Waals surface area contributed by atoms with E-state index in [4.69, 9.17) is 11.6 Å². The predicted molar refractivity (Wildman–Crippen MR) is 88.3 cm³/mol. The number of aromatic nitrogens is 1. The van der Waals surface area contributed by atoms with Gasteiger partial charge in [-0.15, -0.1) is 24.8 Å². The summed E-state index contributed by atoms with van der Waals surface area (Å²) >= 11 is 6.31. The molecule has 1 atom stereocenters. The molecule has 1 aromatic rings. The summed E-state index contributed by atoms with van der Waals surface area (Å²) in [6.45, 7) is 4.40. The fourth-order valence-electron chi connectivity index (χ4n) is 3.08. The van der Waals surface area contributed by atoms with Crippen LogP contribution < -0.4 is 5.32 Å². The Morgan fingerprint density at radius 1 is 1.25 bits per heavy atom. The van der Waals surface area contributed by atoms with Gasteiger partial charge in [0, 0.05) is 44.0 Å². The first-order valence-electron chi connectivity index (χ1n) is 6.91. The van der Waals surface area contributed by atoms with Crippen LogP contribution in [0.3, 0.4) is 0 Å². The van der Waals surface area contributed by atoms with E-state index in [1.807, 2.05) is 6.07 Å². The molecule has 2 aliphatic rings. The van der Waals surface area contributed by atoms with E-state index >= 15 is 0 Å². The summed E-state index contributed by atoms with van der Waals surface area (Å²) in [6, 6.07) is 4.64. The van der Waals surface area contributed by atoms with E-state index in [2.05, 4.69) is 21.3 Å². The minimum absolute atomic E-state index is 0. The smallest absolute Gasteiger partial charge is 0.133 e. The lowest BCUT2D eigenvalue weighted by atomic mass is 9.76. The Kier molecular flexibility index (Phi) is 7.56. The van der Waals surface area contributed by atoms with Crippen LogP contribution >= 0.6 is 36.4 Å². The van der Waals surface area contributed by atoms with E-state index < -0.39 is 0 Å². The van der Waals surface area contributed by atoms with Gasteiger partial charge >= 0.3 is 0 Å². The van der Waals surface area contributed by atoms with Gasteiger partial charge in [0.25, 0.3) is 0 Å². The van der Waals surface area contributed by atoms with Gasteiger partial charge in [0.1, 0.15) is 5.15 Å². The van der Waals surface area contributed by atoms with Gasteiger partial charge < -0.3 is 5.32 Å². The molecule has 0 bridgehead atoms. The summed E-state index contributed by atoms with van der Waals surface area (Å²) in [5, 5.41) is 4.11. The lowest BCUT2D eigenvalue weighted by molar-refractivity contribution is 0.0835. The van der Waals surface area contributed by atoms with Gasteiger partial charge in [-0.05, 0) is 24.8 Å². The van der Waals surface area contributed by atoms with E-state index in [1.54, 1.807) is 6.20 Å². The maximum atomic E-state index is 6.31. The molecule has 0 amide bonds. The zero-order valence-corrected chi connectivity index (χ0v) is 13.8. The van der Waals surface area contributed by atoms with Crippen LogP contribution in [0.2, 0.25) is 5.15 Å². The number of rotatable bonds is 3. The summed E-state index contributed by atoms with van der Waals surface area (Å²) in [7, 11) is 0. The average molecular weight is 339 g/mol. The van der Waals surface area contributed by atoms with Crippen molar-refractivity contribution in [2.45, 2.75) is 25.3 Å². The second kappa shape index (κ2) is 8.40. The van der Waals surface area contributed by atoms with Crippen LogP contribution in [0.25, 0.3) is 0 Å². The largest absolute Gasteiger partial charge is 0.314 e. The fraction of sp³-hybridized carbons (Fsp3) is 0.643. The molecule has 6 heteroatoms. The average Bonchev–Trinajstić information content (AvgIpc) is 2.36. The standard InChI is InChI=1S/C14H20ClN3.2ClH/c15-14-12(5-2-6-17-14)13(11-3-1-4-11)18-9-7-16-8-10-18;;/h2,5-6,11,13,16H,1,3-4,7-10H2;2*1H/t13-;;/m0../s1. The number of pyridine rings is 1. The fourth-order valence-corrected chi connectivity index (χ4v) is 3.31. The minimum Gasteiger partial charge on any atom is -0.314 e. The molecular weight excluding hydrogens is 317 g/mol. The molecule has 2 fully saturated rings. The quantitative estimate of drug-likeness (QED) is 0.857. The number of hydrogen-bond donors (Lipinski definition) is 1. The molecule has 1 saturated carbocycles. The Labute approximate surface area is 138 Å². The van der Waals surface area contributed by atoms with Crippen molar-refractivity contribution in [1.29, 1.82) is 0 Å². The van der Waals surface area contributed by atoms with Crippen LogP contribution in [0.4, 0.5) is 0 Å². The highest BCUT2D eigenvalue weighted by Crippen LogP contribution is 2.42. The van der Waals surface area contributed by atoms with Crippen molar-refractivity contribution in [2.75, 3.05) is 26.2 Å². The summed E-state index contributed by atoms with van der Waals surface area (Å²) in [4.78, 5) is 6.85. The number of nitrogens with one attached hydrogen (secondary N) is 1. The minimum atomic E-state index is 0. The van der Waals surface area contributed by atoms with Crippen LogP contribution in [0, 0.1) is 5.92 Å². The molecule has 0 spiro atoms. The lowest BCUT2D eigenvalue weighted by Crippen LogP contribution is -2.47. The topological polar surface area (TPSA) is 28.2 Å². The molecule has 2 heterocycles. The third-order valence-electron chi connectivity index (χ3n) is 4.25. The normalized spacial score (nSPS) is 21.2. The summed E-state index contributed by atoms with van der Waals surface area (Å²) in [5.74, 6) is 0.768. The van der Waals surface area contributed by atoms with Gasteiger partial charge in [-0.25, -0.2) is 4.98 Å². The van der Waals surface area contributed by atoms with Crippen molar-refractivity contribution in [3.63, 3.8) is 0 Å². The Hall–Kier alpha value is -0.0600. The maximum absolute atomic E-state index is 6.31. The van der Waals surface area contributed by atoms with E-state index in [0.717, 1.165) is 32.1 Å². The van der Waals surface area contributed by atoms with Gasteiger partial charge in [-0.3, -0.25) is 4.90 Å². The number of hydrogen-bond acceptors (Lipinski definition) is 3. The van der Waals surface area contributed by atoms with E-state index in [-0.39, 0.29) is 24.8 Å². The molecule has 20 heavy (non-hydrogen) atoms. The Balaban J connectivity index is 0.000001000. The molecule has 0 aromatic carbocycles. The van der Waals surface area contributed by atoms with Crippen LogP contribution in [-0.2, 0) is 0 Å². The van der Waals surface area contributed by atoms with Crippen molar-refractivity contribution in [1.82, 2.24) is 15.2 Å². The second-order valence-electron chi connectivity index (χ2n) is 5.31. The molecule has 0 radical (unpaired) electrons. The molecule has 3 rings (SSSR count). The van der Waals surface area contributed by atoms with Crippen LogP contribution in [0.1, 0.15) is 30.9 Å². The molecule has 1 aromatic heterocycles. The van der Waals surface area contributed by atoms with Crippen molar-refractivity contribution in [3.05, 3.63) is 29.0 Å². The Morgan fingerprint density at radius 3 is 2.50 bits per heavy atom. The van der Waals surface area contributed by atoms with Crippen molar-refractivity contribution in [2.24, 2.45) is 5.92 Å². The van der Waals surface area contributed by atoms with Crippen LogP contribution in [0.15, 0.2) is 18.3 Å². The summed E-state index contributed by atoms with van der Waals surface area (Å²) in [5.41, 5.74) is 1.23. The number of nitrogens with zero attached hydrogens (tertiary/aromatic N) is 2. The van der Waals surface area contributed by atoms with Crippen LogP contribution in [0.5, 0.6) is 0 Å². The molecular formula is C14H22Cl3N3. The number of piperazine rings is 1. The van der Waals surface area contributed by atoms with Gasteiger partial charge in [-0.1, -0.05) is 24.1 Å². The first-order valence-corrected chi connectivity index (χ1v) is 7.29. The van der Waals surface area contributed by atoms with Gasteiger partial charge in [0.15, 0.2) is 0 Å². The zero-order valence-electron chi connectivity index (χ0n) is 11.4. The molecule has 1 aliphatic carbocycles. The summed E-state index contributed by atoms with van der Waals surface area (Å²) < 4.78 is 0. The zero-order chi connectivity index (χ0) is 12.4. The highest BCUT2D eigenvalue weighted by molar-refractivity contribution is 6.30. The molecule has 114 valence electrons. The maximum Gasteiger partial charge on any atom is 0.133 e. The van der Waals surface area contributed by atoms with Crippen molar-refractivity contribution < 1.29 is 0 Å². The van der Waals surface area contributed by atoms with E-state index in [0.29, 0.717) is 11.2 Å². The van der Waals surface area contributed by atoms with Gasteiger partial charge in [0.2, 0.25) is 0 Å². The van der Waals surface area contributed by atoms with E-state index in [1.165, 1.54) is 24.8 Å². The summed E-state index contributed by atoms with van der Waals surface area (Å²) in [6.07, 6.45) is 5.81. The van der Waals surface area contributed by atoms with Gasteiger partial charge in [0.05, 0.1) is 0 Å². The third kappa shape index (κ3) is 3.77. The highest BCUT2D eigenvalue weighted by atomic mass is 35.5. The van der Waals surface area contributed by atoms with Crippen molar-refractivity contribution in [3.8, 4) is 0 Å². The molecule has 1 aliphatic heterocycles. The van der Waals surface area contributed by atoms with Crippen LogP contribution in [-0.4, -0.2) is 36.1 Å². The Bertz CT molecular complexity index is 406. The predicted octanol–water partition coefficient (Wildman–Crippen LogP) is 3.33. The Morgan fingerprint density at radius 2 is 1.95 bits per heavy atom. The molecule has 0 unspecified atom stereocenters. The highest BCUT2D eigenvalue weighted by Gasteiger charge is 2.34. The molecule has 1 N–H and O–H groups in total. The molecule has 3 nitrogen and oxygen atoms in total. The van der Waals surface area contributed by atoms with E-state index in [9.17, 15) is 0 Å². The second-order valence-corrected chi connectivity index (χ2v) is 5.66. The lowest BCUT2D eigenvalue weighted by Gasteiger charge is -2.43. The first kappa shape index (κ1) is 18.0. The monoisotopic (exact) mass is 337 g/mol.